The molecular formula is C43H42BN3O. The van der Waals surface area contributed by atoms with Gasteiger partial charge in [-0.2, -0.15) is 0 Å². The zero-order valence-electron chi connectivity index (χ0n) is 29.2. The van der Waals surface area contributed by atoms with Crippen molar-refractivity contribution < 1.29 is 4.74 Å². The lowest BCUT2D eigenvalue weighted by Gasteiger charge is -2.50. The van der Waals surface area contributed by atoms with Crippen LogP contribution in [-0.2, 0) is 5.41 Å². The number of rotatable bonds is 1. The van der Waals surface area contributed by atoms with Crippen LogP contribution in [0.2, 0.25) is 0 Å². The van der Waals surface area contributed by atoms with Crippen LogP contribution in [0.25, 0.3) is 11.2 Å². The normalized spacial score (nSPS) is 16.8. The molecule has 5 aromatic rings. The first kappa shape index (κ1) is 29.3. The number of para-hydroxylation sites is 4. The predicted molar refractivity (Wildman–Crippen MR) is 203 cm³/mol. The van der Waals surface area contributed by atoms with Gasteiger partial charge in [-0.05, 0) is 111 Å². The summed E-state index contributed by atoms with van der Waals surface area (Å²) in [6.45, 7) is 18.8. The lowest BCUT2D eigenvalue weighted by molar-refractivity contribution is 0.380. The highest BCUT2D eigenvalue weighted by molar-refractivity contribution is 7.04. The van der Waals surface area contributed by atoms with Crippen molar-refractivity contribution in [1.82, 2.24) is 0 Å². The molecule has 48 heavy (non-hydrogen) atoms. The Morgan fingerprint density at radius 1 is 0.646 bits per heavy atom. The fraction of sp³-hybridized carbons (Fsp3) is 0.256. The fourth-order valence-corrected chi connectivity index (χ4v) is 9.07. The molecule has 4 heterocycles. The van der Waals surface area contributed by atoms with Gasteiger partial charge in [-0.3, -0.25) is 0 Å². The number of benzene rings is 5. The van der Waals surface area contributed by atoms with Gasteiger partial charge < -0.3 is 19.4 Å². The molecule has 4 nitrogen and oxygen atoms in total. The lowest BCUT2D eigenvalue weighted by atomic mass is 9.31. The van der Waals surface area contributed by atoms with Crippen molar-refractivity contribution in [3.8, 4) is 11.5 Å². The lowest BCUT2D eigenvalue weighted by Crippen LogP contribution is -2.62. The molecule has 0 atom stereocenters. The van der Waals surface area contributed by atoms with Crippen LogP contribution < -0.4 is 30.4 Å². The van der Waals surface area contributed by atoms with Crippen molar-refractivity contribution >= 4 is 57.2 Å². The molecule has 0 amide bonds. The van der Waals surface area contributed by atoms with E-state index in [0.29, 0.717) is 0 Å². The molecule has 0 bridgehead atoms. The van der Waals surface area contributed by atoms with Crippen LogP contribution in [0.3, 0.4) is 0 Å². The SMILES string of the molecule is CC(C)(C)c1cc2c3c(c1)N1c4c(cccc4N(C(C)(C)C)C1(C)C)B3C1=C(c3ccccc3Oc3ccccc31)N2c1ccccc1. The first-order valence-corrected chi connectivity index (χ1v) is 17.3. The number of hydrogen-bond acceptors (Lipinski definition) is 4. The van der Waals surface area contributed by atoms with E-state index < -0.39 is 0 Å². The van der Waals surface area contributed by atoms with Gasteiger partial charge in [0.05, 0.1) is 17.1 Å². The first-order chi connectivity index (χ1) is 22.9. The number of fused-ring (bicyclic) bond motifs is 7. The van der Waals surface area contributed by atoms with E-state index in [2.05, 4.69) is 179 Å². The monoisotopic (exact) mass is 627 g/mol. The van der Waals surface area contributed by atoms with Gasteiger partial charge >= 0.3 is 0 Å². The van der Waals surface area contributed by atoms with E-state index in [9.17, 15) is 0 Å². The maximum Gasteiger partial charge on any atom is 0.253 e. The number of hydrogen-bond donors (Lipinski definition) is 0. The van der Waals surface area contributed by atoms with Crippen molar-refractivity contribution in [2.45, 2.75) is 72.0 Å². The topological polar surface area (TPSA) is 19.0 Å². The third-order valence-electron chi connectivity index (χ3n) is 10.7. The molecule has 5 heteroatoms. The molecule has 0 N–H and O–H groups in total. The summed E-state index contributed by atoms with van der Waals surface area (Å²) < 4.78 is 6.85. The number of ether oxygens (including phenoxy) is 1. The van der Waals surface area contributed by atoms with Crippen molar-refractivity contribution in [3.05, 3.63) is 126 Å². The Hall–Kier alpha value is -4.90. The molecule has 4 aliphatic heterocycles. The van der Waals surface area contributed by atoms with Gasteiger partial charge in [-0.15, -0.1) is 0 Å². The predicted octanol–water partition coefficient (Wildman–Crippen LogP) is 9.76. The quantitative estimate of drug-likeness (QED) is 0.172. The van der Waals surface area contributed by atoms with Crippen LogP contribution in [0.1, 0.15) is 72.1 Å². The summed E-state index contributed by atoms with van der Waals surface area (Å²) >= 11 is 0. The summed E-state index contributed by atoms with van der Waals surface area (Å²) in [4.78, 5) is 7.83. The Morgan fingerprint density at radius 3 is 1.96 bits per heavy atom. The Kier molecular flexibility index (Phi) is 5.85. The van der Waals surface area contributed by atoms with Gasteiger partial charge in [0.15, 0.2) is 0 Å². The van der Waals surface area contributed by atoms with Gasteiger partial charge in [0.1, 0.15) is 17.2 Å². The van der Waals surface area contributed by atoms with Gasteiger partial charge in [-0.25, -0.2) is 0 Å². The molecular weight excluding hydrogens is 585 g/mol. The minimum absolute atomic E-state index is 0.00296. The van der Waals surface area contributed by atoms with E-state index in [1.807, 2.05) is 0 Å². The summed E-state index contributed by atoms with van der Waals surface area (Å²) in [6, 6.07) is 40.1. The average Bonchev–Trinajstić information content (AvgIpc) is 3.20. The fourth-order valence-electron chi connectivity index (χ4n) is 9.07. The largest absolute Gasteiger partial charge is 0.456 e. The molecule has 9 rings (SSSR count). The maximum absolute atomic E-state index is 6.85. The Bertz CT molecular complexity index is 2190. The standard InChI is InChI=1S/C43H42BN3O/c1-41(2,3)27-25-33-38-34(26-27)46-40-31(21-16-22-32(40)47(42(4,5)6)43(46,7)8)44(38)37-29-19-12-14-23-35(29)48-36-24-15-13-20-30(36)39(37)45(33)28-17-10-9-11-18-28/h9-26H,1-8H3. The van der Waals surface area contributed by atoms with Gasteiger partial charge in [0.25, 0.3) is 6.71 Å². The Morgan fingerprint density at radius 2 is 1.27 bits per heavy atom. The Labute approximate surface area is 285 Å². The zero-order chi connectivity index (χ0) is 33.3. The van der Waals surface area contributed by atoms with Crippen molar-refractivity contribution in [2.75, 3.05) is 14.7 Å². The number of nitrogens with zero attached hydrogens (tertiary/aromatic N) is 3. The van der Waals surface area contributed by atoms with Crippen LogP contribution in [0, 0.1) is 0 Å². The first-order valence-electron chi connectivity index (χ1n) is 17.3. The number of anilines is 5. The molecule has 0 unspecified atom stereocenters. The molecule has 0 radical (unpaired) electrons. The van der Waals surface area contributed by atoms with E-state index in [1.165, 1.54) is 50.4 Å². The zero-order valence-corrected chi connectivity index (χ0v) is 29.2. The molecule has 0 aliphatic carbocycles. The van der Waals surface area contributed by atoms with Crippen molar-refractivity contribution in [1.29, 1.82) is 0 Å². The summed E-state index contributed by atoms with van der Waals surface area (Å²) in [5.74, 6) is 1.77. The summed E-state index contributed by atoms with van der Waals surface area (Å²) in [5, 5.41) is 0. The van der Waals surface area contributed by atoms with Crippen LogP contribution in [-0.4, -0.2) is 17.9 Å². The van der Waals surface area contributed by atoms with Gasteiger partial charge in [0.2, 0.25) is 0 Å². The highest BCUT2D eigenvalue weighted by atomic mass is 16.5. The van der Waals surface area contributed by atoms with E-state index in [-0.39, 0.29) is 23.3 Å². The molecule has 0 aromatic heterocycles. The van der Waals surface area contributed by atoms with Gasteiger partial charge in [0, 0.05) is 33.7 Å². The van der Waals surface area contributed by atoms with E-state index in [4.69, 9.17) is 4.74 Å². The van der Waals surface area contributed by atoms with Crippen LogP contribution in [0.15, 0.2) is 109 Å². The smallest absolute Gasteiger partial charge is 0.253 e. The molecule has 4 aliphatic rings. The molecule has 0 fully saturated rings. The maximum atomic E-state index is 6.85. The van der Waals surface area contributed by atoms with Crippen LogP contribution >= 0.6 is 0 Å². The summed E-state index contributed by atoms with van der Waals surface area (Å²) in [6.07, 6.45) is 0. The minimum atomic E-state index is -0.310. The second-order valence-corrected chi connectivity index (χ2v) is 16.2. The highest BCUT2D eigenvalue weighted by Gasteiger charge is 2.55. The van der Waals surface area contributed by atoms with E-state index >= 15 is 0 Å². The van der Waals surface area contributed by atoms with Crippen molar-refractivity contribution in [2.24, 2.45) is 0 Å². The van der Waals surface area contributed by atoms with Gasteiger partial charge in [-0.1, -0.05) is 81.4 Å². The summed E-state index contributed by atoms with van der Waals surface area (Å²) in [7, 11) is 0. The molecule has 5 aromatic carbocycles. The molecule has 0 saturated heterocycles. The third kappa shape index (κ3) is 3.85. The molecule has 238 valence electrons. The second kappa shape index (κ2) is 9.60. The third-order valence-corrected chi connectivity index (χ3v) is 10.7. The minimum Gasteiger partial charge on any atom is -0.456 e. The van der Waals surface area contributed by atoms with Crippen LogP contribution in [0.5, 0.6) is 11.5 Å². The average molecular weight is 628 g/mol. The molecule has 0 saturated carbocycles. The second-order valence-electron chi connectivity index (χ2n) is 16.2. The van der Waals surface area contributed by atoms with E-state index in [1.54, 1.807) is 0 Å². The Balaban J connectivity index is 1.50. The van der Waals surface area contributed by atoms with E-state index in [0.717, 1.165) is 28.3 Å². The molecule has 0 spiro atoms. The van der Waals surface area contributed by atoms with Crippen molar-refractivity contribution in [3.63, 3.8) is 0 Å². The van der Waals surface area contributed by atoms with Crippen LogP contribution in [0.4, 0.5) is 28.4 Å². The summed E-state index contributed by atoms with van der Waals surface area (Å²) in [5.41, 5.74) is 14.6. The highest BCUT2D eigenvalue weighted by Crippen LogP contribution is 2.58.